The van der Waals surface area contributed by atoms with Crippen molar-refractivity contribution in [2.75, 3.05) is 12.8 Å². The maximum atomic E-state index is 13.9. The van der Waals surface area contributed by atoms with Crippen LogP contribution >= 0.6 is 0 Å². The van der Waals surface area contributed by atoms with Crippen LogP contribution in [-0.4, -0.2) is 25.8 Å². The van der Waals surface area contributed by atoms with Gasteiger partial charge in [0.2, 0.25) is 10.0 Å². The summed E-state index contributed by atoms with van der Waals surface area (Å²) in [6.45, 7) is 0. The SMILES string of the molecule is CN(C1CCCCCC1)S(=O)(=O)c1ccc(N)cc1F. The molecule has 1 aliphatic carbocycles. The van der Waals surface area contributed by atoms with Crippen molar-refractivity contribution in [1.82, 2.24) is 4.31 Å². The summed E-state index contributed by atoms with van der Waals surface area (Å²) in [5.41, 5.74) is 5.68. The predicted octanol–water partition coefficient (Wildman–Crippen LogP) is 2.75. The Morgan fingerprint density at radius 2 is 1.80 bits per heavy atom. The largest absolute Gasteiger partial charge is 0.399 e. The Bertz CT molecular complexity index is 567. The van der Waals surface area contributed by atoms with Crippen molar-refractivity contribution in [1.29, 1.82) is 0 Å². The third kappa shape index (κ3) is 3.12. The molecule has 2 rings (SSSR count). The molecule has 2 N–H and O–H groups in total. The van der Waals surface area contributed by atoms with Crippen molar-refractivity contribution >= 4 is 15.7 Å². The Labute approximate surface area is 119 Å². The minimum Gasteiger partial charge on any atom is -0.399 e. The zero-order valence-corrected chi connectivity index (χ0v) is 12.5. The highest BCUT2D eigenvalue weighted by molar-refractivity contribution is 7.89. The molecule has 1 saturated carbocycles. The molecule has 0 radical (unpaired) electrons. The molecule has 1 fully saturated rings. The lowest BCUT2D eigenvalue weighted by Gasteiger charge is -2.26. The molecule has 0 atom stereocenters. The number of rotatable bonds is 3. The zero-order chi connectivity index (χ0) is 14.8. The van der Waals surface area contributed by atoms with E-state index < -0.39 is 15.8 Å². The van der Waals surface area contributed by atoms with Gasteiger partial charge in [0.15, 0.2) is 0 Å². The topological polar surface area (TPSA) is 63.4 Å². The second-order valence-corrected chi connectivity index (χ2v) is 7.32. The summed E-state index contributed by atoms with van der Waals surface area (Å²) in [4.78, 5) is -0.293. The normalized spacial score (nSPS) is 18.1. The summed E-state index contributed by atoms with van der Waals surface area (Å²) in [6, 6.07) is 3.66. The van der Waals surface area contributed by atoms with Gasteiger partial charge in [-0.15, -0.1) is 0 Å². The first-order chi connectivity index (χ1) is 9.43. The summed E-state index contributed by atoms with van der Waals surface area (Å²) in [5.74, 6) is -0.787. The molecular formula is C14H21FN2O2S. The Balaban J connectivity index is 2.28. The van der Waals surface area contributed by atoms with Gasteiger partial charge < -0.3 is 5.73 Å². The fraction of sp³-hybridized carbons (Fsp3) is 0.571. The van der Waals surface area contributed by atoms with E-state index in [2.05, 4.69) is 0 Å². The first kappa shape index (κ1) is 15.3. The van der Waals surface area contributed by atoms with Crippen LogP contribution in [0, 0.1) is 5.82 Å². The molecule has 1 aromatic rings. The number of benzene rings is 1. The highest BCUT2D eigenvalue weighted by Gasteiger charge is 2.30. The second-order valence-electron chi connectivity index (χ2n) is 5.36. The van der Waals surface area contributed by atoms with Crippen LogP contribution in [0.5, 0.6) is 0 Å². The number of sulfonamides is 1. The Kier molecular flexibility index (Phi) is 4.65. The van der Waals surface area contributed by atoms with E-state index in [-0.39, 0.29) is 16.6 Å². The van der Waals surface area contributed by atoms with Crippen molar-refractivity contribution in [3.05, 3.63) is 24.0 Å². The average Bonchev–Trinajstić information content (AvgIpc) is 2.66. The molecule has 0 heterocycles. The van der Waals surface area contributed by atoms with Gasteiger partial charge in [0.25, 0.3) is 0 Å². The number of hydrogen-bond donors (Lipinski definition) is 1. The van der Waals surface area contributed by atoms with Crippen LogP contribution < -0.4 is 5.73 Å². The minimum atomic E-state index is -3.80. The number of halogens is 1. The maximum absolute atomic E-state index is 13.9. The van der Waals surface area contributed by atoms with E-state index in [1.807, 2.05) is 0 Å². The Hall–Kier alpha value is -1.14. The van der Waals surface area contributed by atoms with Gasteiger partial charge >= 0.3 is 0 Å². The van der Waals surface area contributed by atoms with Crippen LogP contribution in [0.3, 0.4) is 0 Å². The fourth-order valence-electron chi connectivity index (χ4n) is 2.70. The van der Waals surface area contributed by atoms with Crippen LogP contribution in [-0.2, 0) is 10.0 Å². The molecule has 0 amide bonds. The molecule has 1 aromatic carbocycles. The van der Waals surface area contributed by atoms with Gasteiger partial charge in [-0.2, -0.15) is 4.31 Å². The van der Waals surface area contributed by atoms with E-state index >= 15 is 0 Å². The molecule has 0 aromatic heterocycles. The molecule has 112 valence electrons. The van der Waals surface area contributed by atoms with Gasteiger partial charge in [-0.25, -0.2) is 12.8 Å². The number of nitrogens with zero attached hydrogens (tertiary/aromatic N) is 1. The molecule has 6 heteroatoms. The molecule has 0 saturated heterocycles. The maximum Gasteiger partial charge on any atom is 0.245 e. The predicted molar refractivity (Wildman–Crippen MR) is 77.3 cm³/mol. The standard InChI is InChI=1S/C14H21FN2O2S/c1-17(12-6-4-2-3-5-7-12)20(18,19)14-9-8-11(16)10-13(14)15/h8-10,12H,2-7,16H2,1H3. The van der Waals surface area contributed by atoms with E-state index in [4.69, 9.17) is 5.73 Å². The monoisotopic (exact) mass is 300 g/mol. The molecule has 0 bridgehead atoms. The van der Waals surface area contributed by atoms with E-state index in [0.717, 1.165) is 44.6 Å². The van der Waals surface area contributed by atoms with Crippen molar-refractivity contribution in [3.63, 3.8) is 0 Å². The lowest BCUT2D eigenvalue weighted by molar-refractivity contribution is 0.334. The van der Waals surface area contributed by atoms with Gasteiger partial charge in [-0.05, 0) is 31.0 Å². The zero-order valence-electron chi connectivity index (χ0n) is 11.7. The third-order valence-corrected chi connectivity index (χ3v) is 5.90. The first-order valence-corrected chi connectivity index (χ1v) is 8.40. The lowest BCUT2D eigenvalue weighted by atomic mass is 10.1. The van der Waals surface area contributed by atoms with Crippen LogP contribution in [0.1, 0.15) is 38.5 Å². The molecule has 0 unspecified atom stereocenters. The minimum absolute atomic E-state index is 0.0422. The van der Waals surface area contributed by atoms with Crippen LogP contribution in [0.2, 0.25) is 0 Å². The number of anilines is 1. The molecule has 20 heavy (non-hydrogen) atoms. The summed E-state index contributed by atoms with van der Waals surface area (Å²) in [5, 5.41) is 0. The van der Waals surface area contributed by atoms with Gasteiger partial charge in [0.1, 0.15) is 10.7 Å². The summed E-state index contributed by atoms with van der Waals surface area (Å²) < 4.78 is 40.2. The Morgan fingerprint density at radius 1 is 1.20 bits per heavy atom. The number of nitrogens with two attached hydrogens (primary N) is 1. The Morgan fingerprint density at radius 3 is 2.35 bits per heavy atom. The third-order valence-electron chi connectivity index (χ3n) is 3.95. The van der Waals surface area contributed by atoms with Crippen LogP contribution in [0.4, 0.5) is 10.1 Å². The van der Waals surface area contributed by atoms with Crippen LogP contribution in [0.25, 0.3) is 0 Å². The van der Waals surface area contributed by atoms with E-state index in [1.54, 1.807) is 7.05 Å². The van der Waals surface area contributed by atoms with Crippen molar-refractivity contribution in [2.24, 2.45) is 0 Å². The quantitative estimate of drug-likeness (QED) is 0.689. The highest BCUT2D eigenvalue weighted by Crippen LogP contribution is 2.27. The van der Waals surface area contributed by atoms with Gasteiger partial charge in [0, 0.05) is 18.8 Å². The van der Waals surface area contributed by atoms with Gasteiger partial charge in [-0.3, -0.25) is 0 Å². The van der Waals surface area contributed by atoms with E-state index in [0.29, 0.717) is 0 Å². The fourth-order valence-corrected chi connectivity index (χ4v) is 4.16. The van der Waals surface area contributed by atoms with Crippen molar-refractivity contribution in [2.45, 2.75) is 49.5 Å². The lowest BCUT2D eigenvalue weighted by Crippen LogP contribution is -2.37. The molecule has 1 aliphatic rings. The molecular weight excluding hydrogens is 279 g/mol. The number of hydrogen-bond acceptors (Lipinski definition) is 3. The molecule has 0 spiro atoms. The smallest absolute Gasteiger partial charge is 0.245 e. The molecule has 4 nitrogen and oxygen atoms in total. The van der Waals surface area contributed by atoms with Gasteiger partial charge in [0.05, 0.1) is 0 Å². The van der Waals surface area contributed by atoms with Crippen LogP contribution in [0.15, 0.2) is 23.1 Å². The number of nitrogen functional groups attached to an aromatic ring is 1. The first-order valence-electron chi connectivity index (χ1n) is 6.96. The van der Waals surface area contributed by atoms with Gasteiger partial charge in [-0.1, -0.05) is 25.7 Å². The molecule has 0 aliphatic heterocycles. The average molecular weight is 300 g/mol. The summed E-state index contributed by atoms with van der Waals surface area (Å²) in [6.07, 6.45) is 6.00. The summed E-state index contributed by atoms with van der Waals surface area (Å²) in [7, 11) is -2.26. The summed E-state index contributed by atoms with van der Waals surface area (Å²) >= 11 is 0. The van der Waals surface area contributed by atoms with Crippen molar-refractivity contribution in [3.8, 4) is 0 Å². The highest BCUT2D eigenvalue weighted by atomic mass is 32.2. The van der Waals surface area contributed by atoms with E-state index in [9.17, 15) is 12.8 Å². The second kappa shape index (κ2) is 6.10. The van der Waals surface area contributed by atoms with Crippen molar-refractivity contribution < 1.29 is 12.8 Å². The van der Waals surface area contributed by atoms with E-state index in [1.165, 1.54) is 16.4 Å².